The molecule has 2 nitrogen and oxygen atoms in total. The van der Waals surface area contributed by atoms with Crippen LogP contribution in [0.25, 0.3) is 0 Å². The van der Waals surface area contributed by atoms with Crippen LogP contribution in [0.2, 0.25) is 0 Å². The molecule has 0 amide bonds. The molecule has 0 aromatic heterocycles. The molecule has 1 N–H and O–H groups in total. The van der Waals surface area contributed by atoms with Crippen molar-refractivity contribution in [2.75, 3.05) is 13.2 Å². The smallest absolute Gasteiger partial charge is 0.0755 e. The van der Waals surface area contributed by atoms with Crippen LogP contribution >= 0.6 is 0 Å². The Morgan fingerprint density at radius 3 is 2.61 bits per heavy atom. The highest BCUT2D eigenvalue weighted by molar-refractivity contribution is 4.90. The topological polar surface area (TPSA) is 21.3 Å². The quantitative estimate of drug-likeness (QED) is 0.420. The van der Waals surface area contributed by atoms with Gasteiger partial charge in [-0.15, -0.1) is 6.58 Å². The van der Waals surface area contributed by atoms with Gasteiger partial charge in [0.2, 0.25) is 0 Å². The number of hydrogen-bond donors (Lipinski definition) is 1. The Morgan fingerprint density at radius 2 is 2.06 bits per heavy atom. The molecular formula is C16H31NO. The van der Waals surface area contributed by atoms with Gasteiger partial charge in [-0.25, -0.2) is 0 Å². The summed E-state index contributed by atoms with van der Waals surface area (Å²) in [7, 11) is 0. The lowest BCUT2D eigenvalue weighted by atomic mass is 9.99. The predicted molar refractivity (Wildman–Crippen MR) is 78.9 cm³/mol. The first-order valence-corrected chi connectivity index (χ1v) is 7.79. The number of unbranched alkanes of at least 4 members (excludes halogenated alkanes) is 3. The molecule has 18 heavy (non-hydrogen) atoms. The third-order valence-electron chi connectivity index (χ3n) is 3.73. The van der Waals surface area contributed by atoms with Crippen molar-refractivity contribution in [3.05, 3.63) is 12.7 Å². The molecular weight excluding hydrogens is 222 g/mol. The minimum atomic E-state index is 0.453. The summed E-state index contributed by atoms with van der Waals surface area (Å²) < 4.78 is 5.98. The van der Waals surface area contributed by atoms with E-state index in [9.17, 15) is 0 Å². The van der Waals surface area contributed by atoms with Gasteiger partial charge in [0, 0.05) is 12.6 Å². The summed E-state index contributed by atoms with van der Waals surface area (Å²) in [6.07, 6.45) is 11.5. The van der Waals surface area contributed by atoms with E-state index in [4.69, 9.17) is 4.74 Å². The average molecular weight is 253 g/mol. The Labute approximate surface area is 113 Å². The normalized spacial score (nSPS) is 18.6. The molecule has 2 unspecified atom stereocenters. The maximum atomic E-state index is 5.98. The second kappa shape index (κ2) is 9.57. The molecule has 2 atom stereocenters. The van der Waals surface area contributed by atoms with E-state index in [1.807, 2.05) is 6.08 Å². The zero-order chi connectivity index (χ0) is 13.2. The van der Waals surface area contributed by atoms with Gasteiger partial charge in [-0.2, -0.15) is 0 Å². The van der Waals surface area contributed by atoms with Crippen LogP contribution in [-0.4, -0.2) is 25.3 Å². The van der Waals surface area contributed by atoms with Gasteiger partial charge in [-0.1, -0.05) is 25.8 Å². The molecule has 0 radical (unpaired) electrons. The summed E-state index contributed by atoms with van der Waals surface area (Å²) in [6, 6.07) is 0.561. The second-order valence-electron chi connectivity index (χ2n) is 5.35. The van der Waals surface area contributed by atoms with Crippen molar-refractivity contribution in [3.63, 3.8) is 0 Å². The molecule has 0 heterocycles. The van der Waals surface area contributed by atoms with Crippen molar-refractivity contribution in [1.29, 1.82) is 0 Å². The van der Waals surface area contributed by atoms with Crippen molar-refractivity contribution in [2.24, 2.45) is 5.92 Å². The maximum Gasteiger partial charge on any atom is 0.0755 e. The molecule has 1 aliphatic carbocycles. The molecule has 0 spiro atoms. The molecule has 1 rings (SSSR count). The van der Waals surface area contributed by atoms with Crippen molar-refractivity contribution in [1.82, 2.24) is 5.32 Å². The lowest BCUT2D eigenvalue weighted by Gasteiger charge is -2.28. The van der Waals surface area contributed by atoms with E-state index in [2.05, 4.69) is 25.7 Å². The Kier molecular flexibility index (Phi) is 8.36. The minimum absolute atomic E-state index is 0.453. The largest absolute Gasteiger partial charge is 0.377 e. The fraction of sp³-hybridized carbons (Fsp3) is 0.875. The highest BCUT2D eigenvalue weighted by atomic mass is 16.5. The zero-order valence-electron chi connectivity index (χ0n) is 12.3. The molecule has 1 fully saturated rings. The van der Waals surface area contributed by atoms with E-state index in [-0.39, 0.29) is 0 Å². The van der Waals surface area contributed by atoms with Gasteiger partial charge >= 0.3 is 0 Å². The first-order valence-electron chi connectivity index (χ1n) is 7.79. The lowest BCUT2D eigenvalue weighted by molar-refractivity contribution is 0.0168. The highest BCUT2D eigenvalue weighted by Gasteiger charge is 2.36. The molecule has 2 heteroatoms. The molecule has 1 aliphatic rings. The second-order valence-corrected chi connectivity index (χ2v) is 5.35. The first-order chi connectivity index (χ1) is 8.83. The zero-order valence-corrected chi connectivity index (χ0v) is 12.3. The molecule has 1 saturated carbocycles. The summed E-state index contributed by atoms with van der Waals surface area (Å²) in [5.41, 5.74) is 0. The van der Waals surface area contributed by atoms with Crippen molar-refractivity contribution in [2.45, 2.75) is 70.9 Å². The fourth-order valence-electron chi connectivity index (χ4n) is 2.67. The van der Waals surface area contributed by atoms with Gasteiger partial charge in [-0.3, -0.25) is 0 Å². The summed E-state index contributed by atoms with van der Waals surface area (Å²) in [5.74, 6) is 0.821. The van der Waals surface area contributed by atoms with Crippen LogP contribution in [-0.2, 0) is 4.74 Å². The fourth-order valence-corrected chi connectivity index (χ4v) is 2.67. The highest BCUT2D eigenvalue weighted by Crippen LogP contribution is 2.36. The maximum absolute atomic E-state index is 5.98. The summed E-state index contributed by atoms with van der Waals surface area (Å²) in [5, 5.41) is 3.63. The van der Waals surface area contributed by atoms with Crippen LogP contribution in [0.1, 0.15) is 58.8 Å². The minimum Gasteiger partial charge on any atom is -0.377 e. The van der Waals surface area contributed by atoms with Crippen LogP contribution in [0.3, 0.4) is 0 Å². The van der Waals surface area contributed by atoms with Gasteiger partial charge < -0.3 is 10.1 Å². The molecule has 0 saturated heterocycles. The first kappa shape index (κ1) is 15.7. The number of rotatable bonds is 12. The van der Waals surface area contributed by atoms with Gasteiger partial charge in [0.05, 0.1) is 6.10 Å². The van der Waals surface area contributed by atoms with Gasteiger partial charge in [0.25, 0.3) is 0 Å². The van der Waals surface area contributed by atoms with Crippen molar-refractivity contribution < 1.29 is 4.74 Å². The predicted octanol–water partition coefficient (Wildman–Crippen LogP) is 3.92. The van der Waals surface area contributed by atoms with Crippen molar-refractivity contribution >= 4 is 0 Å². The van der Waals surface area contributed by atoms with Crippen LogP contribution in [0.5, 0.6) is 0 Å². The van der Waals surface area contributed by atoms with E-state index in [0.29, 0.717) is 12.1 Å². The monoisotopic (exact) mass is 253 g/mol. The van der Waals surface area contributed by atoms with E-state index >= 15 is 0 Å². The summed E-state index contributed by atoms with van der Waals surface area (Å²) in [6.45, 7) is 9.98. The molecule has 0 aromatic carbocycles. The number of ether oxygens (including phenoxy) is 1. The third kappa shape index (κ3) is 6.01. The Morgan fingerprint density at radius 1 is 1.28 bits per heavy atom. The molecule has 106 valence electrons. The lowest BCUT2D eigenvalue weighted by Crippen LogP contribution is -2.42. The number of likely N-dealkylation sites (N-methyl/N-ethyl adjacent to an activating group) is 1. The van der Waals surface area contributed by atoms with Crippen LogP contribution in [0.15, 0.2) is 12.7 Å². The van der Waals surface area contributed by atoms with E-state index in [0.717, 1.165) is 25.5 Å². The summed E-state index contributed by atoms with van der Waals surface area (Å²) in [4.78, 5) is 0. The van der Waals surface area contributed by atoms with E-state index in [1.54, 1.807) is 0 Å². The average Bonchev–Trinajstić information content (AvgIpc) is 3.19. The number of allylic oxidation sites excluding steroid dienone is 1. The van der Waals surface area contributed by atoms with E-state index in [1.165, 1.54) is 38.5 Å². The van der Waals surface area contributed by atoms with Gasteiger partial charge in [0.1, 0.15) is 0 Å². The molecule has 0 aromatic rings. The van der Waals surface area contributed by atoms with Crippen LogP contribution in [0.4, 0.5) is 0 Å². The Balaban J connectivity index is 2.29. The number of hydrogen-bond acceptors (Lipinski definition) is 2. The summed E-state index contributed by atoms with van der Waals surface area (Å²) >= 11 is 0. The van der Waals surface area contributed by atoms with E-state index < -0.39 is 0 Å². The molecule has 0 bridgehead atoms. The Hall–Kier alpha value is -0.340. The van der Waals surface area contributed by atoms with Crippen LogP contribution in [0, 0.1) is 5.92 Å². The van der Waals surface area contributed by atoms with Crippen molar-refractivity contribution in [3.8, 4) is 0 Å². The Bertz CT molecular complexity index is 213. The van der Waals surface area contributed by atoms with Crippen LogP contribution < -0.4 is 5.32 Å². The SMILES string of the molecule is C=CCCCCCC(NCC)C(OCC)C1CC1. The molecule has 0 aliphatic heterocycles. The third-order valence-corrected chi connectivity index (χ3v) is 3.73. The number of nitrogens with one attached hydrogen (secondary N) is 1. The van der Waals surface area contributed by atoms with Gasteiger partial charge in [-0.05, 0) is 51.5 Å². The standard InChI is InChI=1S/C16H31NO/c1-4-7-8-9-10-11-15(17-5-2)16(18-6-3)14-12-13-14/h4,14-17H,1,5-13H2,2-3H3. The van der Waals surface area contributed by atoms with Gasteiger partial charge in [0.15, 0.2) is 0 Å².